The van der Waals surface area contributed by atoms with Crippen molar-refractivity contribution in [3.05, 3.63) is 47.5 Å². The van der Waals surface area contributed by atoms with E-state index in [2.05, 4.69) is 29.9 Å². The first kappa shape index (κ1) is 11.1. The highest BCUT2D eigenvalue weighted by atomic mass is 35.5. The Morgan fingerprint density at radius 2 is 2.06 bits per heavy atom. The van der Waals surface area contributed by atoms with Crippen molar-refractivity contribution in [1.82, 2.24) is 9.97 Å². The average molecular weight is 233 g/mol. The van der Waals surface area contributed by atoms with Crippen LogP contribution in [0, 0.1) is 0 Å². The van der Waals surface area contributed by atoms with Gasteiger partial charge in [-0.2, -0.15) is 0 Å². The molecule has 0 saturated carbocycles. The van der Waals surface area contributed by atoms with Crippen molar-refractivity contribution in [2.45, 2.75) is 19.8 Å². The Hall–Kier alpha value is -1.41. The highest BCUT2D eigenvalue weighted by molar-refractivity contribution is 6.32. The van der Waals surface area contributed by atoms with Crippen LogP contribution in [-0.4, -0.2) is 9.97 Å². The van der Waals surface area contributed by atoms with E-state index in [1.165, 1.54) is 5.56 Å². The summed E-state index contributed by atoms with van der Waals surface area (Å²) in [6.07, 6.45) is 5.37. The van der Waals surface area contributed by atoms with Gasteiger partial charge in [-0.15, -0.1) is 0 Å². The van der Waals surface area contributed by atoms with Crippen LogP contribution in [-0.2, 0) is 0 Å². The summed E-state index contributed by atoms with van der Waals surface area (Å²) in [5, 5.41) is 0.525. The lowest BCUT2D eigenvalue weighted by Crippen LogP contribution is -1.92. The Labute approximate surface area is 100 Å². The third-order valence-electron chi connectivity index (χ3n) is 2.50. The van der Waals surface area contributed by atoms with Gasteiger partial charge in [-0.25, -0.2) is 4.98 Å². The second kappa shape index (κ2) is 4.62. The average Bonchev–Trinajstić information content (AvgIpc) is 2.30. The topological polar surface area (TPSA) is 25.8 Å². The molecule has 0 aliphatic rings. The quantitative estimate of drug-likeness (QED) is 0.734. The lowest BCUT2D eigenvalue weighted by molar-refractivity contribution is 0.859. The molecule has 2 aromatic rings. The molecule has 0 fully saturated rings. The summed E-state index contributed by atoms with van der Waals surface area (Å²) in [4.78, 5) is 8.30. The van der Waals surface area contributed by atoms with E-state index in [1.807, 2.05) is 18.3 Å². The normalized spacial score (nSPS) is 10.8. The SMILES string of the molecule is CC(C)c1cnc(Cl)c(-c2cccnc2)c1. The molecular formula is C13H13ClN2. The summed E-state index contributed by atoms with van der Waals surface area (Å²) in [5.74, 6) is 0.445. The first-order chi connectivity index (χ1) is 7.68. The van der Waals surface area contributed by atoms with Crippen molar-refractivity contribution in [2.75, 3.05) is 0 Å². The number of pyridine rings is 2. The maximum Gasteiger partial charge on any atom is 0.136 e. The van der Waals surface area contributed by atoms with Crippen LogP contribution in [0.1, 0.15) is 25.3 Å². The molecule has 2 aromatic heterocycles. The predicted octanol–water partition coefficient (Wildman–Crippen LogP) is 3.92. The van der Waals surface area contributed by atoms with Gasteiger partial charge in [-0.3, -0.25) is 4.98 Å². The van der Waals surface area contributed by atoms with Gasteiger partial charge < -0.3 is 0 Å². The highest BCUT2D eigenvalue weighted by Crippen LogP contribution is 2.28. The van der Waals surface area contributed by atoms with E-state index in [0.29, 0.717) is 11.1 Å². The van der Waals surface area contributed by atoms with E-state index in [-0.39, 0.29) is 0 Å². The molecule has 0 saturated heterocycles. The van der Waals surface area contributed by atoms with Crippen molar-refractivity contribution >= 4 is 11.6 Å². The zero-order valence-electron chi connectivity index (χ0n) is 9.31. The second-order valence-corrected chi connectivity index (χ2v) is 4.36. The van der Waals surface area contributed by atoms with Gasteiger partial charge >= 0.3 is 0 Å². The second-order valence-electron chi connectivity index (χ2n) is 4.00. The fraction of sp³-hybridized carbons (Fsp3) is 0.231. The van der Waals surface area contributed by atoms with Gasteiger partial charge in [0.05, 0.1) is 0 Å². The molecular weight excluding hydrogens is 220 g/mol. The highest BCUT2D eigenvalue weighted by Gasteiger charge is 2.08. The van der Waals surface area contributed by atoms with Gasteiger partial charge in [0.25, 0.3) is 0 Å². The number of hydrogen-bond acceptors (Lipinski definition) is 2. The summed E-state index contributed by atoms with van der Waals surface area (Å²) < 4.78 is 0. The van der Waals surface area contributed by atoms with Crippen LogP contribution in [0.2, 0.25) is 5.15 Å². The molecule has 16 heavy (non-hydrogen) atoms. The molecule has 0 N–H and O–H groups in total. The van der Waals surface area contributed by atoms with Crippen molar-refractivity contribution in [3.63, 3.8) is 0 Å². The minimum absolute atomic E-state index is 0.445. The van der Waals surface area contributed by atoms with Crippen LogP contribution in [0.25, 0.3) is 11.1 Å². The maximum atomic E-state index is 6.10. The molecule has 2 rings (SSSR count). The predicted molar refractivity (Wildman–Crippen MR) is 66.6 cm³/mol. The lowest BCUT2D eigenvalue weighted by Gasteiger charge is -2.09. The van der Waals surface area contributed by atoms with Crippen LogP contribution in [0.15, 0.2) is 36.8 Å². The van der Waals surface area contributed by atoms with E-state index in [0.717, 1.165) is 11.1 Å². The Kier molecular flexibility index (Phi) is 3.20. The maximum absolute atomic E-state index is 6.10. The van der Waals surface area contributed by atoms with Gasteiger partial charge in [0.15, 0.2) is 0 Å². The molecule has 0 aliphatic heterocycles. The fourth-order valence-corrected chi connectivity index (χ4v) is 1.72. The summed E-state index contributed by atoms with van der Waals surface area (Å²) in [6.45, 7) is 4.27. The summed E-state index contributed by atoms with van der Waals surface area (Å²) in [5.41, 5.74) is 3.13. The summed E-state index contributed by atoms with van der Waals surface area (Å²) in [6, 6.07) is 5.96. The zero-order valence-corrected chi connectivity index (χ0v) is 10.1. The van der Waals surface area contributed by atoms with E-state index >= 15 is 0 Å². The minimum atomic E-state index is 0.445. The van der Waals surface area contributed by atoms with Gasteiger partial charge in [0, 0.05) is 29.7 Å². The molecule has 3 heteroatoms. The van der Waals surface area contributed by atoms with Crippen molar-refractivity contribution in [2.24, 2.45) is 0 Å². The summed E-state index contributed by atoms with van der Waals surface area (Å²) in [7, 11) is 0. The third kappa shape index (κ3) is 2.22. The number of aromatic nitrogens is 2. The van der Waals surface area contributed by atoms with Gasteiger partial charge in [0.1, 0.15) is 5.15 Å². The van der Waals surface area contributed by atoms with Crippen LogP contribution in [0.3, 0.4) is 0 Å². The largest absolute Gasteiger partial charge is 0.264 e. The molecule has 2 heterocycles. The molecule has 0 radical (unpaired) electrons. The number of halogens is 1. The van der Waals surface area contributed by atoms with Crippen LogP contribution < -0.4 is 0 Å². The Morgan fingerprint density at radius 3 is 2.69 bits per heavy atom. The zero-order chi connectivity index (χ0) is 11.5. The van der Waals surface area contributed by atoms with E-state index in [4.69, 9.17) is 11.6 Å². The molecule has 0 unspecified atom stereocenters. The Balaban J connectivity index is 2.52. The number of nitrogens with zero attached hydrogens (tertiary/aromatic N) is 2. The molecule has 0 spiro atoms. The molecule has 0 bridgehead atoms. The smallest absolute Gasteiger partial charge is 0.136 e. The Morgan fingerprint density at radius 1 is 1.25 bits per heavy atom. The first-order valence-electron chi connectivity index (χ1n) is 5.24. The van der Waals surface area contributed by atoms with E-state index in [9.17, 15) is 0 Å². The molecule has 82 valence electrons. The first-order valence-corrected chi connectivity index (χ1v) is 5.62. The monoisotopic (exact) mass is 232 g/mol. The van der Waals surface area contributed by atoms with E-state index in [1.54, 1.807) is 12.4 Å². The summed E-state index contributed by atoms with van der Waals surface area (Å²) >= 11 is 6.10. The molecule has 0 aromatic carbocycles. The van der Waals surface area contributed by atoms with E-state index < -0.39 is 0 Å². The minimum Gasteiger partial charge on any atom is -0.264 e. The van der Waals surface area contributed by atoms with Gasteiger partial charge in [-0.1, -0.05) is 31.5 Å². The molecule has 0 atom stereocenters. The van der Waals surface area contributed by atoms with Crippen LogP contribution in [0.4, 0.5) is 0 Å². The third-order valence-corrected chi connectivity index (χ3v) is 2.80. The van der Waals surface area contributed by atoms with Crippen molar-refractivity contribution in [3.8, 4) is 11.1 Å². The van der Waals surface area contributed by atoms with Crippen molar-refractivity contribution < 1.29 is 0 Å². The Bertz CT molecular complexity index is 481. The lowest BCUT2D eigenvalue weighted by atomic mass is 10.0. The van der Waals surface area contributed by atoms with Gasteiger partial charge in [-0.05, 0) is 23.6 Å². The molecule has 2 nitrogen and oxygen atoms in total. The number of hydrogen-bond donors (Lipinski definition) is 0. The number of rotatable bonds is 2. The van der Waals surface area contributed by atoms with Gasteiger partial charge in [0.2, 0.25) is 0 Å². The fourth-order valence-electron chi connectivity index (χ4n) is 1.50. The van der Waals surface area contributed by atoms with Crippen LogP contribution >= 0.6 is 11.6 Å². The molecule has 0 aliphatic carbocycles. The van der Waals surface area contributed by atoms with Crippen LogP contribution in [0.5, 0.6) is 0 Å². The molecule has 0 amide bonds. The standard InChI is InChI=1S/C13H13ClN2/c1-9(2)11-6-12(13(14)16-8-11)10-4-3-5-15-7-10/h3-9H,1-2H3. The van der Waals surface area contributed by atoms with Crippen molar-refractivity contribution in [1.29, 1.82) is 0 Å².